The molecule has 39 heavy (non-hydrogen) atoms. The molecule has 0 radical (unpaired) electrons. The Balaban J connectivity index is 0.00000308. The van der Waals surface area contributed by atoms with Crippen LogP contribution in [0.25, 0.3) is 11.0 Å². The summed E-state index contributed by atoms with van der Waals surface area (Å²) >= 11 is 0. The summed E-state index contributed by atoms with van der Waals surface area (Å²) in [6, 6.07) is 8.58. The molecule has 6 heterocycles. The van der Waals surface area contributed by atoms with E-state index in [0.29, 0.717) is 47.7 Å². The van der Waals surface area contributed by atoms with Gasteiger partial charge in [0.15, 0.2) is 18.2 Å². The number of amides is 1. The van der Waals surface area contributed by atoms with Crippen molar-refractivity contribution in [3.8, 4) is 5.75 Å². The number of likely N-dealkylation sites (N-methyl/N-ethyl adjacent to an activating group) is 1. The number of hydrogen-bond acceptors (Lipinski definition) is 9. The van der Waals surface area contributed by atoms with E-state index in [0.717, 1.165) is 31.5 Å². The number of pyridine rings is 3. The molecule has 1 saturated carbocycles. The fraction of sp³-hybridized carbons (Fsp3) is 0.444. The first kappa shape index (κ1) is 26.9. The van der Waals surface area contributed by atoms with E-state index in [2.05, 4.69) is 20.2 Å². The number of ether oxygens (including phenoxy) is 3. The quantitative estimate of drug-likeness (QED) is 0.457. The molecule has 0 unspecified atom stereocenters. The van der Waals surface area contributed by atoms with Gasteiger partial charge in [0.05, 0.1) is 41.5 Å². The number of hydrogen-bond donors (Lipinski definition) is 1. The fourth-order valence-corrected chi connectivity index (χ4v) is 5.83. The van der Waals surface area contributed by atoms with E-state index >= 15 is 0 Å². The van der Waals surface area contributed by atoms with Crippen LogP contribution in [0.2, 0.25) is 0 Å². The lowest BCUT2D eigenvalue weighted by atomic mass is 9.69. The molecule has 2 bridgehead atoms. The van der Waals surface area contributed by atoms with Crippen molar-refractivity contribution in [2.24, 2.45) is 0 Å². The number of aryl methyl sites for hydroxylation is 1. The Morgan fingerprint density at radius 3 is 2.69 bits per heavy atom. The number of esters is 1. The minimum absolute atomic E-state index is 0. The summed E-state index contributed by atoms with van der Waals surface area (Å²) in [4.78, 5) is 47.7. The second-order valence-electron chi connectivity index (χ2n) is 10.3. The van der Waals surface area contributed by atoms with Crippen molar-refractivity contribution in [2.75, 3.05) is 37.6 Å². The predicted octanol–water partition coefficient (Wildman–Crippen LogP) is 2.94. The third-order valence-corrected chi connectivity index (χ3v) is 8.30. The minimum atomic E-state index is -0.493. The summed E-state index contributed by atoms with van der Waals surface area (Å²) in [6.07, 6.45) is 5.68. The van der Waals surface area contributed by atoms with Crippen molar-refractivity contribution >= 4 is 47.0 Å². The molecule has 3 aliphatic heterocycles. The first-order chi connectivity index (χ1) is 18.3. The van der Waals surface area contributed by atoms with Crippen LogP contribution in [0.5, 0.6) is 5.75 Å². The molecule has 4 aliphatic rings. The van der Waals surface area contributed by atoms with Gasteiger partial charge >= 0.3 is 5.97 Å². The van der Waals surface area contributed by atoms with Crippen LogP contribution in [-0.4, -0.2) is 64.9 Å². The Kier molecular flexibility index (Phi) is 6.98. The Hall–Kier alpha value is -3.70. The number of halogens is 1. The van der Waals surface area contributed by atoms with Crippen LogP contribution in [0.15, 0.2) is 41.3 Å². The summed E-state index contributed by atoms with van der Waals surface area (Å²) in [6.45, 7) is 0.999. The number of methoxy groups -OCH3 is 1. The summed E-state index contributed by atoms with van der Waals surface area (Å²) in [7, 11) is 3.34. The zero-order valence-electron chi connectivity index (χ0n) is 21.8. The molecule has 3 aromatic heterocycles. The van der Waals surface area contributed by atoms with E-state index in [1.165, 1.54) is 19.4 Å². The third-order valence-electron chi connectivity index (χ3n) is 8.30. The van der Waals surface area contributed by atoms with E-state index in [1.54, 1.807) is 16.7 Å². The third kappa shape index (κ3) is 4.70. The van der Waals surface area contributed by atoms with Crippen molar-refractivity contribution < 1.29 is 23.8 Å². The summed E-state index contributed by atoms with van der Waals surface area (Å²) in [5.74, 6) is 1.05. The maximum absolute atomic E-state index is 12.8. The number of aromatic nitrogens is 3. The molecule has 3 fully saturated rings. The minimum Gasteiger partial charge on any atom is -0.480 e. The molecule has 1 amide bonds. The van der Waals surface area contributed by atoms with Gasteiger partial charge in [-0.3, -0.25) is 14.6 Å². The van der Waals surface area contributed by atoms with Gasteiger partial charge in [-0.15, -0.1) is 12.4 Å². The Bertz CT molecular complexity index is 1480. The zero-order valence-corrected chi connectivity index (χ0v) is 22.6. The number of carbonyl (C=O) groups excluding carboxylic acids is 2. The van der Waals surface area contributed by atoms with Gasteiger partial charge in [-0.05, 0) is 56.4 Å². The van der Waals surface area contributed by atoms with E-state index in [-0.39, 0.29) is 41.6 Å². The molecule has 0 atom stereocenters. The van der Waals surface area contributed by atoms with Gasteiger partial charge in [0.25, 0.3) is 11.5 Å². The molecule has 11 nitrogen and oxygen atoms in total. The normalized spacial score (nSPS) is 23.3. The van der Waals surface area contributed by atoms with E-state index in [4.69, 9.17) is 14.2 Å². The van der Waals surface area contributed by atoms with E-state index in [1.807, 2.05) is 19.2 Å². The van der Waals surface area contributed by atoms with Crippen molar-refractivity contribution in [3.05, 3.63) is 52.4 Å². The molecule has 1 aliphatic carbocycles. The number of nitrogens with one attached hydrogen (secondary N) is 1. The van der Waals surface area contributed by atoms with Crippen molar-refractivity contribution in [3.63, 3.8) is 0 Å². The summed E-state index contributed by atoms with van der Waals surface area (Å²) in [5.41, 5.74) is 0.891. The highest BCUT2D eigenvalue weighted by atomic mass is 35.5. The zero-order chi connectivity index (χ0) is 26.5. The number of fused-ring (bicyclic) bond motifs is 5. The Labute approximate surface area is 230 Å². The maximum atomic E-state index is 12.8. The molecule has 0 aromatic carbocycles. The monoisotopic (exact) mass is 555 g/mol. The van der Waals surface area contributed by atoms with Crippen LogP contribution in [0.4, 0.5) is 11.6 Å². The molecule has 206 valence electrons. The summed E-state index contributed by atoms with van der Waals surface area (Å²) in [5, 5.41) is 2.78. The summed E-state index contributed by atoms with van der Waals surface area (Å²) < 4.78 is 18.5. The molecular formula is C27H30ClN5O6. The maximum Gasteiger partial charge on any atom is 0.339 e. The molecular weight excluding hydrogens is 526 g/mol. The highest BCUT2D eigenvalue weighted by Crippen LogP contribution is 2.49. The first-order valence-electron chi connectivity index (χ1n) is 12.7. The van der Waals surface area contributed by atoms with Crippen molar-refractivity contribution in [1.29, 1.82) is 0 Å². The smallest absolute Gasteiger partial charge is 0.339 e. The first-order valence-corrected chi connectivity index (χ1v) is 12.7. The van der Waals surface area contributed by atoms with Crippen molar-refractivity contribution in [2.45, 2.75) is 49.8 Å². The largest absolute Gasteiger partial charge is 0.480 e. The fourth-order valence-electron chi connectivity index (χ4n) is 5.83. The predicted molar refractivity (Wildman–Crippen MR) is 146 cm³/mol. The Morgan fingerprint density at radius 1 is 1.18 bits per heavy atom. The van der Waals surface area contributed by atoms with Gasteiger partial charge in [0, 0.05) is 25.9 Å². The molecule has 1 N–H and O–H groups in total. The van der Waals surface area contributed by atoms with E-state index in [9.17, 15) is 14.4 Å². The highest BCUT2D eigenvalue weighted by molar-refractivity contribution is 5.94. The van der Waals surface area contributed by atoms with Crippen LogP contribution in [-0.2, 0) is 20.8 Å². The molecule has 3 aromatic rings. The number of rotatable bonds is 6. The second-order valence-corrected chi connectivity index (χ2v) is 10.3. The van der Waals surface area contributed by atoms with Crippen LogP contribution >= 0.6 is 12.4 Å². The van der Waals surface area contributed by atoms with Crippen LogP contribution in [0, 0.1) is 0 Å². The van der Waals surface area contributed by atoms with Gasteiger partial charge in [-0.25, -0.2) is 9.78 Å². The average molecular weight is 556 g/mol. The lowest BCUT2D eigenvalue weighted by Gasteiger charge is -2.56. The van der Waals surface area contributed by atoms with Gasteiger partial charge < -0.3 is 29.0 Å². The van der Waals surface area contributed by atoms with Gasteiger partial charge in [0.1, 0.15) is 5.82 Å². The lowest BCUT2D eigenvalue weighted by molar-refractivity contribution is -0.158. The Morgan fingerprint density at radius 2 is 1.97 bits per heavy atom. The standard InChI is InChI=1S/C27H29N5O6.ClH/c1-31(21-5-4-20-24(29-21)30-22(33)15-37-20)26-7-9-27(10-8-26,38-16-26)11-12-32-19-13-17(25(35)36-2)14-28-18(19)3-6-23(32)34;/h3-6,13-14H,7-12,15-16H2,1-2H3,(H,29,30,33);1H. The number of nitrogens with zero attached hydrogens (tertiary/aromatic N) is 4. The number of carbonyl (C=O) groups is 2. The van der Waals surface area contributed by atoms with Crippen LogP contribution in [0.1, 0.15) is 42.5 Å². The van der Waals surface area contributed by atoms with E-state index < -0.39 is 5.97 Å². The van der Waals surface area contributed by atoms with Crippen LogP contribution < -0.4 is 20.5 Å². The molecule has 12 heteroatoms. The SMILES string of the molecule is COC(=O)c1cnc2ccc(=O)n(CCC34CCC(N(C)c5ccc6c(n5)NC(=O)CO6)(CC3)CO4)c2c1.Cl. The van der Waals surface area contributed by atoms with Crippen LogP contribution in [0.3, 0.4) is 0 Å². The molecule has 2 saturated heterocycles. The lowest BCUT2D eigenvalue weighted by Crippen LogP contribution is -2.62. The topological polar surface area (TPSA) is 125 Å². The second kappa shape index (κ2) is 10.1. The van der Waals surface area contributed by atoms with Gasteiger partial charge in [-0.1, -0.05) is 0 Å². The molecule has 7 rings (SSSR count). The number of anilines is 2. The average Bonchev–Trinajstić information content (AvgIpc) is 2.96. The van der Waals surface area contributed by atoms with Gasteiger partial charge in [0.2, 0.25) is 0 Å². The van der Waals surface area contributed by atoms with Crippen molar-refractivity contribution in [1.82, 2.24) is 14.5 Å². The van der Waals surface area contributed by atoms with Gasteiger partial charge in [-0.2, -0.15) is 0 Å². The highest BCUT2D eigenvalue weighted by Gasteiger charge is 2.52. The molecule has 0 spiro atoms.